The van der Waals surface area contributed by atoms with Crippen molar-refractivity contribution in [2.24, 2.45) is 0 Å². The Labute approximate surface area is 182 Å². The van der Waals surface area contributed by atoms with E-state index in [-0.39, 0.29) is 35.6 Å². The van der Waals surface area contributed by atoms with Crippen LogP contribution in [0.2, 0.25) is 0 Å². The van der Waals surface area contributed by atoms with Crippen molar-refractivity contribution >= 4 is 16.7 Å². The molecule has 2 heterocycles. The first-order valence-corrected chi connectivity index (χ1v) is 10.0. The molecule has 32 heavy (non-hydrogen) atoms. The zero-order valence-corrected chi connectivity index (χ0v) is 17.3. The number of aryl methyl sites for hydroxylation is 1. The molecule has 2 aromatic carbocycles. The molecule has 0 spiro atoms. The average Bonchev–Trinajstić information content (AvgIpc) is 3.24. The van der Waals surface area contributed by atoms with Crippen molar-refractivity contribution in [3.63, 3.8) is 0 Å². The number of aromatic nitrogens is 4. The van der Waals surface area contributed by atoms with Gasteiger partial charge in [0.15, 0.2) is 5.65 Å². The maximum atomic E-state index is 12.9. The van der Waals surface area contributed by atoms with Crippen molar-refractivity contribution in [2.75, 3.05) is 6.61 Å². The number of ether oxygens (including phenoxy) is 1. The van der Waals surface area contributed by atoms with Gasteiger partial charge in [0.05, 0.1) is 17.7 Å². The van der Waals surface area contributed by atoms with Gasteiger partial charge in [-0.15, -0.1) is 0 Å². The summed E-state index contributed by atoms with van der Waals surface area (Å²) in [4.78, 5) is 27.9. The number of nitro groups is 1. The standard InChI is InChI=1S/C22H21N5O5/c1-2-15-7-9-17(10-8-15)32-13-16(28)12-25-14-23-21-18(22(25)29)11-24-26(21)19-5-3-4-6-20(19)27(30)31/h3-11,14,16,28H,2,12-13H2,1H3/t16-/m1/s1. The highest BCUT2D eigenvalue weighted by Crippen LogP contribution is 2.23. The van der Waals surface area contributed by atoms with Crippen LogP contribution in [0.1, 0.15) is 12.5 Å². The topological polar surface area (TPSA) is 125 Å². The quantitative estimate of drug-likeness (QED) is 0.333. The van der Waals surface area contributed by atoms with Crippen LogP contribution in [0.4, 0.5) is 5.69 Å². The molecule has 164 valence electrons. The van der Waals surface area contributed by atoms with Crippen molar-refractivity contribution in [3.05, 3.63) is 87.1 Å². The molecule has 10 nitrogen and oxygen atoms in total. The largest absolute Gasteiger partial charge is 0.491 e. The number of fused-ring (bicyclic) bond motifs is 1. The summed E-state index contributed by atoms with van der Waals surface area (Å²) < 4.78 is 8.13. The van der Waals surface area contributed by atoms with Crippen LogP contribution in [-0.4, -0.2) is 42.1 Å². The maximum absolute atomic E-state index is 12.9. The predicted octanol–water partition coefficient (Wildman–Crippen LogP) is 2.49. The summed E-state index contributed by atoms with van der Waals surface area (Å²) in [5.41, 5.74) is 1.03. The van der Waals surface area contributed by atoms with Gasteiger partial charge < -0.3 is 9.84 Å². The van der Waals surface area contributed by atoms with Crippen LogP contribution in [0.3, 0.4) is 0 Å². The summed E-state index contributed by atoms with van der Waals surface area (Å²) in [6.07, 6.45) is 2.59. The molecule has 0 saturated carbocycles. The van der Waals surface area contributed by atoms with Crippen LogP contribution >= 0.6 is 0 Å². The Hall–Kier alpha value is -4.05. The van der Waals surface area contributed by atoms with Crippen LogP contribution in [0.25, 0.3) is 16.7 Å². The van der Waals surface area contributed by atoms with Gasteiger partial charge in [0.25, 0.3) is 11.2 Å². The van der Waals surface area contributed by atoms with Gasteiger partial charge in [-0.05, 0) is 30.2 Å². The lowest BCUT2D eigenvalue weighted by molar-refractivity contribution is -0.384. The number of rotatable bonds is 8. The zero-order valence-electron chi connectivity index (χ0n) is 17.3. The van der Waals surface area contributed by atoms with E-state index < -0.39 is 16.6 Å². The monoisotopic (exact) mass is 435 g/mol. The second-order valence-corrected chi connectivity index (χ2v) is 7.20. The Morgan fingerprint density at radius 2 is 1.94 bits per heavy atom. The third kappa shape index (κ3) is 4.21. The van der Waals surface area contributed by atoms with E-state index in [4.69, 9.17) is 4.74 Å². The van der Waals surface area contributed by atoms with E-state index in [2.05, 4.69) is 17.0 Å². The molecule has 1 atom stereocenters. The fourth-order valence-corrected chi connectivity index (χ4v) is 3.35. The number of aliphatic hydroxyl groups is 1. The molecule has 4 aromatic rings. The lowest BCUT2D eigenvalue weighted by Gasteiger charge is -2.14. The van der Waals surface area contributed by atoms with Gasteiger partial charge in [-0.2, -0.15) is 5.10 Å². The van der Waals surface area contributed by atoms with Gasteiger partial charge in [0, 0.05) is 6.07 Å². The minimum Gasteiger partial charge on any atom is -0.491 e. The van der Waals surface area contributed by atoms with Crippen LogP contribution < -0.4 is 10.3 Å². The molecule has 10 heteroatoms. The van der Waals surface area contributed by atoms with E-state index in [1.54, 1.807) is 12.1 Å². The predicted molar refractivity (Wildman–Crippen MR) is 117 cm³/mol. The van der Waals surface area contributed by atoms with Gasteiger partial charge in [-0.1, -0.05) is 31.2 Å². The lowest BCUT2D eigenvalue weighted by Crippen LogP contribution is -2.30. The number of hydrogen-bond donors (Lipinski definition) is 1. The SMILES string of the molecule is CCc1ccc(OC[C@H](O)Cn2cnc3c(cnn3-c3ccccc3[N+](=O)[O-])c2=O)cc1. The van der Waals surface area contributed by atoms with Gasteiger partial charge in [0.2, 0.25) is 0 Å². The molecular formula is C22H21N5O5. The summed E-state index contributed by atoms with van der Waals surface area (Å²) in [6, 6.07) is 13.7. The molecule has 0 saturated heterocycles. The Morgan fingerprint density at radius 3 is 2.66 bits per heavy atom. The summed E-state index contributed by atoms with van der Waals surface area (Å²) in [5.74, 6) is 0.632. The molecule has 2 aromatic heterocycles. The van der Waals surface area contributed by atoms with Crippen LogP contribution in [0.15, 0.2) is 65.8 Å². The highest BCUT2D eigenvalue weighted by molar-refractivity contribution is 5.76. The van der Waals surface area contributed by atoms with Gasteiger partial charge in [-0.25, -0.2) is 9.67 Å². The third-order valence-corrected chi connectivity index (χ3v) is 5.04. The number of para-hydroxylation sites is 2. The molecule has 0 aliphatic heterocycles. The number of aliphatic hydroxyl groups excluding tert-OH is 1. The number of benzene rings is 2. The Morgan fingerprint density at radius 1 is 1.19 bits per heavy atom. The van der Waals surface area contributed by atoms with Gasteiger partial charge in [-0.3, -0.25) is 19.5 Å². The molecule has 0 aliphatic carbocycles. The molecule has 1 N–H and O–H groups in total. The smallest absolute Gasteiger partial charge is 0.294 e. The first-order valence-electron chi connectivity index (χ1n) is 10.0. The minimum absolute atomic E-state index is 0.00538. The van der Waals surface area contributed by atoms with Crippen molar-refractivity contribution in [1.29, 1.82) is 0 Å². The first-order chi connectivity index (χ1) is 15.5. The molecule has 4 rings (SSSR count). The van der Waals surface area contributed by atoms with E-state index in [0.717, 1.165) is 6.42 Å². The Bertz CT molecular complexity index is 1310. The van der Waals surface area contributed by atoms with Crippen molar-refractivity contribution < 1.29 is 14.8 Å². The number of nitrogens with zero attached hydrogens (tertiary/aromatic N) is 5. The van der Waals surface area contributed by atoms with Crippen LogP contribution in [0.5, 0.6) is 5.75 Å². The molecule has 0 unspecified atom stereocenters. The lowest BCUT2D eigenvalue weighted by atomic mass is 10.2. The Kier molecular flexibility index (Phi) is 5.95. The summed E-state index contributed by atoms with van der Waals surface area (Å²) in [6.45, 7) is 2.05. The number of hydrogen-bond acceptors (Lipinski definition) is 7. The second-order valence-electron chi connectivity index (χ2n) is 7.20. The molecule has 0 fully saturated rings. The zero-order chi connectivity index (χ0) is 22.7. The van der Waals surface area contributed by atoms with E-state index in [9.17, 15) is 20.0 Å². The van der Waals surface area contributed by atoms with Gasteiger partial charge >= 0.3 is 0 Å². The average molecular weight is 435 g/mol. The van der Waals surface area contributed by atoms with Crippen molar-refractivity contribution in [1.82, 2.24) is 19.3 Å². The normalized spacial score (nSPS) is 12.1. The first kappa shape index (κ1) is 21.2. The number of nitro benzene ring substituents is 1. The Balaban J connectivity index is 1.53. The van der Waals surface area contributed by atoms with Crippen LogP contribution in [0, 0.1) is 10.1 Å². The van der Waals surface area contributed by atoms with E-state index >= 15 is 0 Å². The highest BCUT2D eigenvalue weighted by atomic mass is 16.6. The van der Waals surface area contributed by atoms with E-state index in [1.165, 1.54) is 39.5 Å². The molecular weight excluding hydrogens is 414 g/mol. The van der Waals surface area contributed by atoms with E-state index in [0.29, 0.717) is 5.75 Å². The van der Waals surface area contributed by atoms with E-state index in [1.807, 2.05) is 24.3 Å². The third-order valence-electron chi connectivity index (χ3n) is 5.04. The molecule has 0 radical (unpaired) electrons. The highest BCUT2D eigenvalue weighted by Gasteiger charge is 2.19. The summed E-state index contributed by atoms with van der Waals surface area (Å²) >= 11 is 0. The molecule has 0 amide bonds. The van der Waals surface area contributed by atoms with Crippen molar-refractivity contribution in [3.8, 4) is 11.4 Å². The minimum atomic E-state index is -0.942. The summed E-state index contributed by atoms with van der Waals surface area (Å²) in [5, 5.41) is 26.0. The molecule has 0 bridgehead atoms. The fourth-order valence-electron chi connectivity index (χ4n) is 3.35. The fraction of sp³-hybridized carbons (Fsp3) is 0.227. The van der Waals surface area contributed by atoms with Crippen molar-refractivity contribution in [2.45, 2.75) is 26.0 Å². The van der Waals surface area contributed by atoms with Gasteiger partial charge in [0.1, 0.15) is 35.9 Å². The van der Waals surface area contributed by atoms with Crippen LogP contribution in [-0.2, 0) is 13.0 Å². The molecule has 0 aliphatic rings. The maximum Gasteiger partial charge on any atom is 0.294 e. The summed E-state index contributed by atoms with van der Waals surface area (Å²) in [7, 11) is 0. The second kappa shape index (κ2) is 8.98.